The average Bonchev–Trinajstić information content (AvgIpc) is 3.13. The van der Waals surface area contributed by atoms with Crippen molar-refractivity contribution in [1.29, 1.82) is 0 Å². The van der Waals surface area contributed by atoms with Gasteiger partial charge in [0.05, 0.1) is 6.21 Å². The van der Waals surface area contributed by atoms with Crippen molar-refractivity contribution in [2.24, 2.45) is 11.0 Å². The minimum atomic E-state index is 0.444. The van der Waals surface area contributed by atoms with E-state index in [4.69, 9.17) is 16.7 Å². The lowest BCUT2D eigenvalue weighted by Crippen LogP contribution is -2.44. The van der Waals surface area contributed by atoms with E-state index in [0.29, 0.717) is 17.1 Å². The van der Waals surface area contributed by atoms with Crippen LogP contribution in [0.5, 0.6) is 0 Å². The summed E-state index contributed by atoms with van der Waals surface area (Å²) in [6.45, 7) is 8.25. The SMILES string of the molecule is Cc1cc(-n2c(C)cc(/C=N\NC(=S)N[C@H]3CCCC[C@@H]3C)c2C)no1. The van der Waals surface area contributed by atoms with Gasteiger partial charge in [0.25, 0.3) is 0 Å². The van der Waals surface area contributed by atoms with Gasteiger partial charge in [-0.15, -0.1) is 0 Å². The standard InChI is InChI=1S/C19H27N5OS/c1-12-7-5-6-8-17(12)21-19(26)22-20-11-16-9-13(2)24(15(16)4)18-10-14(3)25-23-18/h9-12,17H,5-8H2,1-4H3,(H2,21,22,26)/b20-11-/t12-,17-/m0/s1. The Morgan fingerprint density at radius 1 is 1.31 bits per heavy atom. The minimum absolute atomic E-state index is 0.444. The number of aryl methyl sites for hydroxylation is 2. The molecule has 3 rings (SSSR count). The molecule has 0 amide bonds. The molecule has 0 bridgehead atoms. The number of hydrogen-bond acceptors (Lipinski definition) is 4. The van der Waals surface area contributed by atoms with Crippen molar-refractivity contribution < 1.29 is 4.52 Å². The van der Waals surface area contributed by atoms with Gasteiger partial charge in [-0.1, -0.05) is 24.9 Å². The fourth-order valence-electron chi connectivity index (χ4n) is 3.62. The molecule has 2 aromatic rings. The van der Waals surface area contributed by atoms with E-state index in [1.54, 1.807) is 6.21 Å². The first-order valence-corrected chi connectivity index (χ1v) is 9.58. The Hall–Kier alpha value is -2.15. The molecule has 0 radical (unpaired) electrons. The van der Waals surface area contributed by atoms with Crippen molar-refractivity contribution in [3.05, 3.63) is 34.8 Å². The predicted molar refractivity (Wildman–Crippen MR) is 108 cm³/mol. The molecule has 0 aliphatic heterocycles. The molecule has 2 N–H and O–H groups in total. The number of nitrogens with one attached hydrogen (secondary N) is 2. The Morgan fingerprint density at radius 3 is 2.77 bits per heavy atom. The maximum atomic E-state index is 5.38. The summed E-state index contributed by atoms with van der Waals surface area (Å²) in [7, 11) is 0. The molecule has 2 heterocycles. The van der Waals surface area contributed by atoms with Crippen LogP contribution in [0.15, 0.2) is 21.8 Å². The van der Waals surface area contributed by atoms with Gasteiger partial charge in [-0.2, -0.15) is 5.10 Å². The Kier molecular flexibility index (Phi) is 5.76. The summed E-state index contributed by atoms with van der Waals surface area (Å²) in [4.78, 5) is 0. The van der Waals surface area contributed by atoms with Crippen LogP contribution in [0.1, 0.15) is 55.3 Å². The van der Waals surface area contributed by atoms with Crippen LogP contribution in [0.2, 0.25) is 0 Å². The molecular weight excluding hydrogens is 346 g/mol. The minimum Gasteiger partial charge on any atom is -0.360 e. The van der Waals surface area contributed by atoms with Crippen molar-refractivity contribution in [3.8, 4) is 5.82 Å². The molecular formula is C19H27N5OS. The van der Waals surface area contributed by atoms with E-state index in [0.717, 1.165) is 28.5 Å². The highest BCUT2D eigenvalue weighted by Crippen LogP contribution is 2.23. The molecule has 2 atom stereocenters. The summed E-state index contributed by atoms with van der Waals surface area (Å²) in [6, 6.07) is 4.44. The van der Waals surface area contributed by atoms with E-state index in [1.165, 1.54) is 25.7 Å². The zero-order valence-corrected chi connectivity index (χ0v) is 16.7. The molecule has 6 nitrogen and oxygen atoms in total. The highest BCUT2D eigenvalue weighted by molar-refractivity contribution is 7.80. The third-order valence-electron chi connectivity index (χ3n) is 5.11. The van der Waals surface area contributed by atoms with Crippen LogP contribution in [0.4, 0.5) is 0 Å². The molecule has 26 heavy (non-hydrogen) atoms. The average molecular weight is 374 g/mol. The largest absolute Gasteiger partial charge is 0.360 e. The van der Waals surface area contributed by atoms with Gasteiger partial charge in [0.15, 0.2) is 10.9 Å². The van der Waals surface area contributed by atoms with Gasteiger partial charge >= 0.3 is 0 Å². The third kappa shape index (κ3) is 4.15. The van der Waals surface area contributed by atoms with Crippen LogP contribution in [0, 0.1) is 26.7 Å². The normalized spacial score (nSPS) is 20.5. The van der Waals surface area contributed by atoms with E-state index in [1.807, 2.05) is 26.8 Å². The zero-order valence-electron chi connectivity index (χ0n) is 15.9. The van der Waals surface area contributed by atoms with Gasteiger partial charge in [-0.05, 0) is 57.8 Å². The van der Waals surface area contributed by atoms with Crippen LogP contribution in [0.25, 0.3) is 5.82 Å². The van der Waals surface area contributed by atoms with Crippen molar-refractivity contribution in [2.75, 3.05) is 0 Å². The Labute approximate surface area is 160 Å². The van der Waals surface area contributed by atoms with Crippen LogP contribution in [0.3, 0.4) is 0 Å². The van der Waals surface area contributed by atoms with Crippen LogP contribution in [-0.4, -0.2) is 27.1 Å². The molecule has 1 saturated carbocycles. The van der Waals surface area contributed by atoms with Crippen LogP contribution in [-0.2, 0) is 0 Å². The van der Waals surface area contributed by atoms with Crippen molar-refractivity contribution in [1.82, 2.24) is 20.5 Å². The lowest BCUT2D eigenvalue weighted by molar-refractivity contribution is 0.308. The van der Waals surface area contributed by atoms with Gasteiger partial charge in [0, 0.05) is 29.1 Å². The summed E-state index contributed by atoms with van der Waals surface area (Å²) in [6.07, 6.45) is 6.81. The summed E-state index contributed by atoms with van der Waals surface area (Å²) < 4.78 is 7.24. The summed E-state index contributed by atoms with van der Waals surface area (Å²) in [5.41, 5.74) is 6.10. The summed E-state index contributed by atoms with van der Waals surface area (Å²) in [5.74, 6) is 2.23. The quantitative estimate of drug-likeness (QED) is 0.485. The van der Waals surface area contributed by atoms with E-state index >= 15 is 0 Å². The number of nitrogens with zero attached hydrogens (tertiary/aromatic N) is 3. The second-order valence-electron chi connectivity index (χ2n) is 7.17. The third-order valence-corrected chi connectivity index (χ3v) is 5.32. The summed E-state index contributed by atoms with van der Waals surface area (Å²) in [5, 5.41) is 12.4. The maximum Gasteiger partial charge on any atom is 0.187 e. The molecule has 0 saturated heterocycles. The first-order valence-electron chi connectivity index (χ1n) is 9.18. The fourth-order valence-corrected chi connectivity index (χ4v) is 3.83. The molecule has 2 aromatic heterocycles. The molecule has 1 aliphatic carbocycles. The number of hydrazone groups is 1. The van der Waals surface area contributed by atoms with Gasteiger partial charge in [0.1, 0.15) is 5.76 Å². The van der Waals surface area contributed by atoms with Gasteiger partial charge in [-0.25, -0.2) is 0 Å². The second-order valence-corrected chi connectivity index (χ2v) is 7.58. The Bertz CT molecular complexity index is 807. The van der Waals surface area contributed by atoms with Crippen molar-refractivity contribution in [2.45, 2.75) is 59.4 Å². The summed E-state index contributed by atoms with van der Waals surface area (Å²) >= 11 is 5.38. The number of rotatable bonds is 4. The molecule has 140 valence electrons. The van der Waals surface area contributed by atoms with Crippen molar-refractivity contribution in [3.63, 3.8) is 0 Å². The smallest absolute Gasteiger partial charge is 0.187 e. The monoisotopic (exact) mass is 373 g/mol. The molecule has 1 fully saturated rings. The van der Waals surface area contributed by atoms with E-state index in [2.05, 4.69) is 38.6 Å². The highest BCUT2D eigenvalue weighted by Gasteiger charge is 2.21. The lowest BCUT2D eigenvalue weighted by atomic mass is 9.86. The number of hydrogen-bond donors (Lipinski definition) is 2. The topological polar surface area (TPSA) is 67.4 Å². The molecule has 7 heteroatoms. The second kappa shape index (κ2) is 8.03. The molecule has 0 aromatic carbocycles. The first kappa shape index (κ1) is 18.6. The van der Waals surface area contributed by atoms with Crippen molar-refractivity contribution >= 4 is 23.5 Å². The Balaban J connectivity index is 1.63. The number of aromatic nitrogens is 2. The zero-order chi connectivity index (χ0) is 18.7. The predicted octanol–water partition coefficient (Wildman–Crippen LogP) is 3.77. The molecule has 0 spiro atoms. The molecule has 0 unspecified atom stereocenters. The van der Waals surface area contributed by atoms with E-state index in [9.17, 15) is 0 Å². The van der Waals surface area contributed by atoms with Gasteiger partial charge < -0.3 is 9.84 Å². The highest BCUT2D eigenvalue weighted by atomic mass is 32.1. The first-order chi connectivity index (χ1) is 12.5. The van der Waals surface area contributed by atoms with Gasteiger partial charge in [-0.3, -0.25) is 9.99 Å². The number of thiocarbonyl (C=S) groups is 1. The van der Waals surface area contributed by atoms with E-state index in [-0.39, 0.29) is 0 Å². The lowest BCUT2D eigenvalue weighted by Gasteiger charge is -2.30. The Morgan fingerprint density at radius 2 is 2.08 bits per heavy atom. The van der Waals surface area contributed by atoms with Crippen LogP contribution < -0.4 is 10.7 Å². The molecule has 1 aliphatic rings. The van der Waals surface area contributed by atoms with Gasteiger partial charge in [0.2, 0.25) is 0 Å². The maximum absolute atomic E-state index is 5.38. The fraction of sp³-hybridized carbons (Fsp3) is 0.526. The van der Waals surface area contributed by atoms with E-state index < -0.39 is 0 Å². The van der Waals surface area contributed by atoms with Crippen LogP contribution >= 0.6 is 12.2 Å².